The number of halogens is 1. The Balaban J connectivity index is 2.42. The highest BCUT2D eigenvalue weighted by Gasteiger charge is 2.18. The molecule has 7 heteroatoms. The summed E-state index contributed by atoms with van der Waals surface area (Å²) in [6, 6.07) is 10.1. The molecule has 0 unspecified atom stereocenters. The van der Waals surface area contributed by atoms with E-state index in [4.69, 9.17) is 5.73 Å². The summed E-state index contributed by atoms with van der Waals surface area (Å²) in [4.78, 5) is 1.56. The van der Waals surface area contributed by atoms with E-state index < -0.39 is 15.8 Å². The second kappa shape index (κ2) is 5.61. The minimum absolute atomic E-state index is 0.0521. The molecule has 2 aromatic carbocycles. The maximum Gasteiger partial charge on any atom is 0.262 e. The van der Waals surface area contributed by atoms with Crippen LogP contribution in [0.25, 0.3) is 0 Å². The van der Waals surface area contributed by atoms with Crippen LogP contribution in [0, 0.1) is 5.82 Å². The molecule has 0 heterocycles. The van der Waals surface area contributed by atoms with Crippen molar-refractivity contribution >= 4 is 27.1 Å². The molecule has 3 N–H and O–H groups in total. The summed E-state index contributed by atoms with van der Waals surface area (Å²) in [5.74, 6) is -0.698. The van der Waals surface area contributed by atoms with E-state index >= 15 is 0 Å². The molecule has 21 heavy (non-hydrogen) atoms. The number of hydrogen-bond acceptors (Lipinski definition) is 4. The highest BCUT2D eigenvalue weighted by Crippen LogP contribution is 2.27. The van der Waals surface area contributed by atoms with E-state index in [1.165, 1.54) is 6.07 Å². The monoisotopic (exact) mass is 309 g/mol. The Labute approximate surface area is 123 Å². The van der Waals surface area contributed by atoms with Crippen LogP contribution in [-0.2, 0) is 10.0 Å². The quantitative estimate of drug-likeness (QED) is 0.850. The second-order valence-electron chi connectivity index (χ2n) is 4.74. The topological polar surface area (TPSA) is 75.4 Å². The number of sulfonamides is 1. The molecule has 0 spiro atoms. The number of nitrogens with zero attached hydrogens (tertiary/aromatic N) is 1. The number of hydrogen-bond donors (Lipinski definition) is 2. The van der Waals surface area contributed by atoms with Crippen LogP contribution in [0.15, 0.2) is 47.4 Å². The normalized spacial score (nSPS) is 11.2. The first kappa shape index (κ1) is 15.1. The zero-order valence-electron chi connectivity index (χ0n) is 11.7. The lowest BCUT2D eigenvalue weighted by Gasteiger charge is -2.18. The average Bonchev–Trinajstić information content (AvgIpc) is 2.37. The largest absolute Gasteiger partial charge is 0.399 e. The SMILES string of the molecule is CN(C)c1ccccc1NS(=O)(=O)c1cc(N)cc(F)c1. The molecule has 0 fully saturated rings. The predicted octanol–water partition coefficient (Wildman–Crippen LogP) is 2.27. The van der Waals surface area contributed by atoms with E-state index in [0.29, 0.717) is 11.4 Å². The molecule has 0 aliphatic rings. The summed E-state index contributed by atoms with van der Waals surface area (Å²) < 4.78 is 40.4. The Morgan fingerprint density at radius 1 is 1.14 bits per heavy atom. The number of nitrogens with one attached hydrogen (secondary N) is 1. The lowest BCUT2D eigenvalue weighted by molar-refractivity contribution is 0.595. The summed E-state index contributed by atoms with van der Waals surface area (Å²) in [6.45, 7) is 0. The van der Waals surface area contributed by atoms with E-state index in [1.807, 2.05) is 0 Å². The molecule has 112 valence electrons. The molecule has 0 aliphatic carbocycles. The van der Waals surface area contributed by atoms with Gasteiger partial charge in [0.05, 0.1) is 16.3 Å². The van der Waals surface area contributed by atoms with Crippen LogP contribution in [0.1, 0.15) is 0 Å². The van der Waals surface area contributed by atoms with Gasteiger partial charge in [-0.25, -0.2) is 12.8 Å². The summed E-state index contributed by atoms with van der Waals surface area (Å²) in [7, 11) is -0.313. The summed E-state index contributed by atoms with van der Waals surface area (Å²) >= 11 is 0. The molecule has 0 saturated heterocycles. The third-order valence-corrected chi connectivity index (χ3v) is 4.18. The van der Waals surface area contributed by atoms with Gasteiger partial charge >= 0.3 is 0 Å². The highest BCUT2D eigenvalue weighted by molar-refractivity contribution is 7.92. The number of nitrogens with two attached hydrogens (primary N) is 1. The third kappa shape index (κ3) is 3.43. The van der Waals surface area contributed by atoms with Gasteiger partial charge in [0.15, 0.2) is 0 Å². The fourth-order valence-corrected chi connectivity index (χ4v) is 3.03. The minimum Gasteiger partial charge on any atom is -0.399 e. The maximum absolute atomic E-state index is 13.3. The molecule has 0 atom stereocenters. The molecular formula is C14H16FN3O2S. The van der Waals surface area contributed by atoms with Crippen molar-refractivity contribution < 1.29 is 12.8 Å². The Morgan fingerprint density at radius 2 is 1.81 bits per heavy atom. The van der Waals surface area contributed by atoms with Crippen LogP contribution in [0.2, 0.25) is 0 Å². The van der Waals surface area contributed by atoms with E-state index in [1.54, 1.807) is 43.3 Å². The molecule has 2 rings (SSSR count). The Kier molecular flexibility index (Phi) is 4.04. The molecule has 0 aliphatic heterocycles. The van der Waals surface area contributed by atoms with Gasteiger partial charge < -0.3 is 10.6 Å². The van der Waals surface area contributed by atoms with Crippen molar-refractivity contribution in [1.82, 2.24) is 0 Å². The van der Waals surface area contributed by atoms with Gasteiger partial charge in [0.2, 0.25) is 0 Å². The van der Waals surface area contributed by atoms with Gasteiger partial charge in [0, 0.05) is 19.8 Å². The van der Waals surface area contributed by atoms with Gasteiger partial charge in [0.1, 0.15) is 5.82 Å². The third-order valence-electron chi connectivity index (χ3n) is 2.83. The fraction of sp³-hybridized carbons (Fsp3) is 0.143. The smallest absolute Gasteiger partial charge is 0.262 e. The van der Waals surface area contributed by atoms with Gasteiger partial charge in [-0.3, -0.25) is 4.72 Å². The van der Waals surface area contributed by atoms with Crippen LogP contribution in [0.3, 0.4) is 0 Å². The van der Waals surface area contributed by atoms with Crippen molar-refractivity contribution in [3.8, 4) is 0 Å². The van der Waals surface area contributed by atoms with E-state index in [-0.39, 0.29) is 10.6 Å². The highest BCUT2D eigenvalue weighted by atomic mass is 32.2. The summed E-state index contributed by atoms with van der Waals surface area (Å²) in [5, 5.41) is 0. The van der Waals surface area contributed by atoms with Crippen molar-refractivity contribution in [1.29, 1.82) is 0 Å². The van der Waals surface area contributed by atoms with Crippen LogP contribution < -0.4 is 15.4 Å². The van der Waals surface area contributed by atoms with Gasteiger partial charge in [0.25, 0.3) is 10.0 Å². The molecule has 0 saturated carbocycles. The molecule has 0 amide bonds. The number of anilines is 3. The van der Waals surface area contributed by atoms with Crippen molar-refractivity contribution in [2.75, 3.05) is 29.5 Å². The molecule has 5 nitrogen and oxygen atoms in total. The summed E-state index contributed by atoms with van der Waals surface area (Å²) in [5.41, 5.74) is 6.65. The van der Waals surface area contributed by atoms with Crippen molar-refractivity contribution in [2.45, 2.75) is 4.90 Å². The number of rotatable bonds is 4. The van der Waals surface area contributed by atoms with E-state index in [0.717, 1.165) is 12.1 Å². The lowest BCUT2D eigenvalue weighted by Crippen LogP contribution is -2.17. The van der Waals surface area contributed by atoms with Gasteiger partial charge in [-0.2, -0.15) is 0 Å². The maximum atomic E-state index is 13.3. The first-order valence-corrected chi connectivity index (χ1v) is 7.63. The number of benzene rings is 2. The van der Waals surface area contributed by atoms with Gasteiger partial charge in [-0.15, -0.1) is 0 Å². The second-order valence-corrected chi connectivity index (χ2v) is 6.42. The molecular weight excluding hydrogens is 293 g/mol. The van der Waals surface area contributed by atoms with Crippen LogP contribution >= 0.6 is 0 Å². The van der Waals surface area contributed by atoms with E-state index in [9.17, 15) is 12.8 Å². The Bertz CT molecular complexity index is 740. The first-order chi connectivity index (χ1) is 9.79. The van der Waals surface area contributed by atoms with Crippen molar-refractivity contribution in [2.24, 2.45) is 0 Å². The zero-order chi connectivity index (χ0) is 15.6. The lowest BCUT2D eigenvalue weighted by atomic mass is 10.2. The predicted molar refractivity (Wildman–Crippen MR) is 82.4 cm³/mol. The zero-order valence-corrected chi connectivity index (χ0v) is 12.5. The van der Waals surface area contributed by atoms with Crippen LogP contribution in [0.5, 0.6) is 0 Å². The average molecular weight is 309 g/mol. The Hall–Kier alpha value is -2.28. The van der Waals surface area contributed by atoms with Gasteiger partial charge in [-0.1, -0.05) is 12.1 Å². The van der Waals surface area contributed by atoms with Gasteiger partial charge in [-0.05, 0) is 30.3 Å². The summed E-state index contributed by atoms with van der Waals surface area (Å²) in [6.07, 6.45) is 0. The van der Waals surface area contributed by atoms with Crippen molar-refractivity contribution in [3.05, 3.63) is 48.3 Å². The van der Waals surface area contributed by atoms with Crippen LogP contribution in [0.4, 0.5) is 21.5 Å². The molecule has 2 aromatic rings. The first-order valence-electron chi connectivity index (χ1n) is 6.15. The minimum atomic E-state index is -3.91. The number of nitrogen functional groups attached to an aromatic ring is 1. The molecule has 0 bridgehead atoms. The fourth-order valence-electron chi connectivity index (χ4n) is 1.89. The van der Waals surface area contributed by atoms with Crippen molar-refractivity contribution in [3.63, 3.8) is 0 Å². The van der Waals surface area contributed by atoms with Crippen LogP contribution in [-0.4, -0.2) is 22.5 Å². The van der Waals surface area contributed by atoms with E-state index in [2.05, 4.69) is 4.72 Å². The Morgan fingerprint density at radius 3 is 2.43 bits per heavy atom. The number of para-hydroxylation sites is 2. The molecule has 0 aromatic heterocycles. The standard InChI is InChI=1S/C14H16FN3O2S/c1-18(2)14-6-4-3-5-13(14)17-21(19,20)12-8-10(15)7-11(16)9-12/h3-9,17H,16H2,1-2H3. The molecule has 0 radical (unpaired) electrons.